The Bertz CT molecular complexity index is 506. The highest BCUT2D eigenvalue weighted by Gasteiger charge is 2.16. The van der Waals surface area contributed by atoms with Gasteiger partial charge < -0.3 is 15.4 Å². The summed E-state index contributed by atoms with van der Waals surface area (Å²) < 4.78 is 18.1. The van der Waals surface area contributed by atoms with Crippen LogP contribution in [0.5, 0.6) is 5.75 Å². The summed E-state index contributed by atoms with van der Waals surface area (Å²) in [6.07, 6.45) is 0. The normalized spacial score (nSPS) is 13.8. The Morgan fingerprint density at radius 3 is 2.72 bits per heavy atom. The predicted molar refractivity (Wildman–Crippen MR) is 67.2 cm³/mol. The van der Waals surface area contributed by atoms with Crippen molar-refractivity contribution in [2.75, 3.05) is 25.5 Å². The summed E-state index contributed by atoms with van der Waals surface area (Å²) in [6.45, 7) is 3.30. The molecule has 0 bridgehead atoms. The number of amides is 1. The number of ether oxygens (including phenoxy) is 1. The number of hydrogen-bond donors (Lipinski definition) is 2. The van der Waals surface area contributed by atoms with Crippen molar-refractivity contribution in [3.8, 4) is 5.75 Å². The van der Waals surface area contributed by atoms with Crippen LogP contribution in [-0.4, -0.2) is 26.1 Å². The van der Waals surface area contributed by atoms with E-state index in [4.69, 9.17) is 4.74 Å². The molecule has 0 spiro atoms. The molecule has 0 aromatic heterocycles. The molecule has 1 fully saturated rings. The fourth-order valence-corrected chi connectivity index (χ4v) is 1.64. The van der Waals surface area contributed by atoms with Crippen LogP contribution in [0.3, 0.4) is 0 Å². The number of nitrogens with one attached hydrogen (secondary N) is 2. The van der Waals surface area contributed by atoms with Gasteiger partial charge in [0.2, 0.25) is 0 Å². The van der Waals surface area contributed by atoms with Gasteiger partial charge in [-0.2, -0.15) is 0 Å². The van der Waals surface area contributed by atoms with Crippen LogP contribution in [0.2, 0.25) is 0 Å². The third-order valence-corrected chi connectivity index (χ3v) is 2.96. The highest BCUT2D eigenvalue weighted by atomic mass is 19.1. The number of carbonyl (C=O) groups excluding carboxylic acids is 1. The SMILES string of the molecule is COc1cc(NC(=O)C(C)=C2CNC2)ccc1F. The Hall–Kier alpha value is -1.88. The van der Waals surface area contributed by atoms with Crippen LogP contribution in [0.15, 0.2) is 29.3 Å². The monoisotopic (exact) mass is 250 g/mol. The zero-order valence-corrected chi connectivity index (χ0v) is 10.3. The lowest BCUT2D eigenvalue weighted by molar-refractivity contribution is -0.112. The Morgan fingerprint density at radius 2 is 2.17 bits per heavy atom. The summed E-state index contributed by atoms with van der Waals surface area (Å²) in [5, 5.41) is 5.80. The van der Waals surface area contributed by atoms with E-state index in [1.165, 1.54) is 25.3 Å². The molecule has 0 unspecified atom stereocenters. The van der Waals surface area contributed by atoms with Crippen molar-refractivity contribution >= 4 is 11.6 Å². The first-order chi connectivity index (χ1) is 8.61. The van der Waals surface area contributed by atoms with Crippen LogP contribution < -0.4 is 15.4 Å². The van der Waals surface area contributed by atoms with E-state index in [-0.39, 0.29) is 11.7 Å². The van der Waals surface area contributed by atoms with Gasteiger partial charge in [0.1, 0.15) is 0 Å². The maximum Gasteiger partial charge on any atom is 0.251 e. The first kappa shape index (κ1) is 12.6. The molecule has 1 saturated heterocycles. The summed E-state index contributed by atoms with van der Waals surface area (Å²) in [5.41, 5.74) is 2.32. The van der Waals surface area contributed by atoms with Crippen molar-refractivity contribution in [2.24, 2.45) is 0 Å². The van der Waals surface area contributed by atoms with Gasteiger partial charge in [-0.15, -0.1) is 0 Å². The molecule has 2 N–H and O–H groups in total. The van der Waals surface area contributed by atoms with Gasteiger partial charge in [-0.25, -0.2) is 4.39 Å². The molecular formula is C13H15FN2O2. The molecule has 1 amide bonds. The summed E-state index contributed by atoms with van der Waals surface area (Å²) >= 11 is 0. The lowest BCUT2D eigenvalue weighted by Gasteiger charge is -2.21. The van der Waals surface area contributed by atoms with Crippen molar-refractivity contribution in [1.29, 1.82) is 0 Å². The van der Waals surface area contributed by atoms with E-state index in [1.807, 2.05) is 0 Å². The Kier molecular flexibility index (Phi) is 3.62. The highest BCUT2D eigenvalue weighted by molar-refractivity contribution is 6.04. The third kappa shape index (κ3) is 2.51. The fourth-order valence-electron chi connectivity index (χ4n) is 1.64. The van der Waals surface area contributed by atoms with E-state index in [0.29, 0.717) is 11.3 Å². The second-order valence-electron chi connectivity index (χ2n) is 4.14. The molecule has 18 heavy (non-hydrogen) atoms. The van der Waals surface area contributed by atoms with E-state index in [2.05, 4.69) is 10.6 Å². The molecule has 4 nitrogen and oxygen atoms in total. The number of halogens is 1. The predicted octanol–water partition coefficient (Wildman–Crippen LogP) is 1.69. The van der Waals surface area contributed by atoms with Gasteiger partial charge in [0.15, 0.2) is 11.6 Å². The molecular weight excluding hydrogens is 235 g/mol. The average molecular weight is 250 g/mol. The molecule has 1 aromatic rings. The summed E-state index contributed by atoms with van der Waals surface area (Å²) in [5.74, 6) is -0.502. The van der Waals surface area contributed by atoms with Crippen molar-refractivity contribution in [3.05, 3.63) is 35.2 Å². The quantitative estimate of drug-likeness (QED) is 0.803. The third-order valence-electron chi connectivity index (χ3n) is 2.96. The van der Waals surface area contributed by atoms with Gasteiger partial charge in [0.25, 0.3) is 5.91 Å². The average Bonchev–Trinajstić information content (AvgIpc) is 2.29. The van der Waals surface area contributed by atoms with Gasteiger partial charge >= 0.3 is 0 Å². The Morgan fingerprint density at radius 1 is 1.44 bits per heavy atom. The van der Waals surface area contributed by atoms with Crippen molar-refractivity contribution in [2.45, 2.75) is 6.92 Å². The Labute approximate surface area is 105 Å². The number of benzene rings is 1. The molecule has 0 radical (unpaired) electrons. The molecule has 1 aliphatic rings. The molecule has 0 aliphatic carbocycles. The van der Waals surface area contributed by atoms with Gasteiger partial charge in [0, 0.05) is 30.4 Å². The molecule has 0 saturated carbocycles. The van der Waals surface area contributed by atoms with Crippen LogP contribution >= 0.6 is 0 Å². The second kappa shape index (κ2) is 5.18. The first-order valence-electron chi connectivity index (χ1n) is 5.66. The largest absolute Gasteiger partial charge is 0.494 e. The smallest absolute Gasteiger partial charge is 0.251 e. The zero-order chi connectivity index (χ0) is 13.1. The van der Waals surface area contributed by atoms with Crippen molar-refractivity contribution in [3.63, 3.8) is 0 Å². The van der Waals surface area contributed by atoms with E-state index in [1.54, 1.807) is 6.92 Å². The minimum Gasteiger partial charge on any atom is -0.494 e. The standard InChI is InChI=1S/C13H15FN2O2/c1-8(9-6-15-7-9)13(17)16-10-3-4-11(14)12(5-10)18-2/h3-5,15H,6-7H2,1-2H3,(H,16,17). The molecule has 96 valence electrons. The number of rotatable bonds is 3. The molecule has 1 aromatic carbocycles. The highest BCUT2D eigenvalue weighted by Crippen LogP contribution is 2.22. The van der Waals surface area contributed by atoms with E-state index in [9.17, 15) is 9.18 Å². The van der Waals surface area contributed by atoms with Crippen molar-refractivity contribution in [1.82, 2.24) is 5.32 Å². The van der Waals surface area contributed by atoms with Gasteiger partial charge in [-0.1, -0.05) is 0 Å². The van der Waals surface area contributed by atoms with Gasteiger partial charge in [-0.05, 0) is 24.6 Å². The minimum atomic E-state index is -0.450. The maximum atomic E-state index is 13.2. The van der Waals surface area contributed by atoms with Gasteiger partial charge in [-0.3, -0.25) is 4.79 Å². The molecule has 1 aliphatic heterocycles. The summed E-state index contributed by atoms with van der Waals surface area (Å²) in [6, 6.07) is 4.23. The van der Waals surface area contributed by atoms with E-state index in [0.717, 1.165) is 18.7 Å². The zero-order valence-electron chi connectivity index (χ0n) is 10.3. The van der Waals surface area contributed by atoms with Crippen molar-refractivity contribution < 1.29 is 13.9 Å². The maximum absolute atomic E-state index is 13.2. The number of methoxy groups -OCH3 is 1. The number of anilines is 1. The number of hydrogen-bond acceptors (Lipinski definition) is 3. The molecule has 5 heteroatoms. The van der Waals surface area contributed by atoms with Crippen LogP contribution in [0, 0.1) is 5.82 Å². The lowest BCUT2D eigenvalue weighted by atomic mass is 10.0. The summed E-state index contributed by atoms with van der Waals surface area (Å²) in [7, 11) is 1.39. The topological polar surface area (TPSA) is 50.4 Å². The van der Waals surface area contributed by atoms with Crippen LogP contribution in [0.25, 0.3) is 0 Å². The second-order valence-corrected chi connectivity index (χ2v) is 4.14. The molecule has 0 atom stereocenters. The molecule has 1 heterocycles. The number of carbonyl (C=O) groups is 1. The summed E-state index contributed by atoms with van der Waals surface area (Å²) in [4.78, 5) is 11.9. The van der Waals surface area contributed by atoms with E-state index >= 15 is 0 Å². The lowest BCUT2D eigenvalue weighted by Crippen LogP contribution is -2.36. The fraction of sp³-hybridized carbons (Fsp3) is 0.308. The van der Waals surface area contributed by atoms with Crippen LogP contribution in [0.1, 0.15) is 6.92 Å². The van der Waals surface area contributed by atoms with Gasteiger partial charge in [0.05, 0.1) is 7.11 Å². The van der Waals surface area contributed by atoms with Crippen LogP contribution in [-0.2, 0) is 4.79 Å². The van der Waals surface area contributed by atoms with Crippen LogP contribution in [0.4, 0.5) is 10.1 Å². The molecule has 2 rings (SSSR count). The van der Waals surface area contributed by atoms with E-state index < -0.39 is 5.82 Å². The Balaban J connectivity index is 2.12. The minimum absolute atomic E-state index is 0.114. The first-order valence-corrected chi connectivity index (χ1v) is 5.66.